The minimum Gasteiger partial charge on any atom is -0.394 e. The van der Waals surface area contributed by atoms with E-state index in [1.165, 1.54) is 302 Å². The van der Waals surface area contributed by atoms with E-state index in [-0.39, 0.29) is 18.9 Å². The highest BCUT2D eigenvalue weighted by Gasteiger charge is 2.54. The number of aliphatic hydroxyl groups is 11. The number of unbranched alkanes of at least 4 members (excludes halogenated alkanes) is 53. The van der Waals surface area contributed by atoms with Crippen molar-refractivity contribution < 1.29 is 89.4 Å². The molecule has 19 nitrogen and oxygen atoms in total. The van der Waals surface area contributed by atoms with Crippen molar-refractivity contribution in [1.82, 2.24) is 5.32 Å². The monoisotopic (exact) mass is 1440 g/mol. The first-order valence-electron chi connectivity index (χ1n) is 42.4. The molecule has 0 bridgehead atoms. The number of allylic oxidation sites excluding steroid dienone is 1. The van der Waals surface area contributed by atoms with Gasteiger partial charge >= 0.3 is 0 Å². The Bertz CT molecular complexity index is 1870. The summed E-state index contributed by atoms with van der Waals surface area (Å²) in [6.07, 6.45) is 49.2. The van der Waals surface area contributed by atoms with Crippen LogP contribution in [0.15, 0.2) is 12.2 Å². The molecule has 0 radical (unpaired) electrons. The first-order valence-corrected chi connectivity index (χ1v) is 42.4. The largest absolute Gasteiger partial charge is 0.394 e. The van der Waals surface area contributed by atoms with Gasteiger partial charge in [-0.25, -0.2) is 0 Å². The highest BCUT2D eigenvalue weighted by Crippen LogP contribution is 2.33. The van der Waals surface area contributed by atoms with Gasteiger partial charge in [0.05, 0.1) is 38.6 Å². The Kier molecular flexibility index (Phi) is 58.9. The molecular weight excluding hydrogens is 1290 g/mol. The van der Waals surface area contributed by atoms with Gasteiger partial charge in [0.25, 0.3) is 0 Å². The molecular formula is C82H157NO18. The lowest BCUT2D eigenvalue weighted by molar-refractivity contribution is -0.379. The summed E-state index contributed by atoms with van der Waals surface area (Å²) in [4.78, 5) is 13.5. The number of carbonyl (C=O) groups excluding carboxylic acids is 1. The SMILES string of the molecule is CCCCCCCCCCCCCCCCCCCCCCCCCCCCCCC/C=C/C(O)C(COC1OC(CO)C(OC2OC(CO)C(OC3OC(CO)C(O)C(O)C3O)C(O)C2O)C(O)C1O)NC(=O)CCCCCCCCCCCCCCCCCCCCCCCCCCC. The fourth-order valence-electron chi connectivity index (χ4n) is 14.8. The van der Waals surface area contributed by atoms with Crippen molar-refractivity contribution in [2.75, 3.05) is 26.4 Å². The summed E-state index contributed by atoms with van der Waals surface area (Å²) in [5, 5.41) is 121. The van der Waals surface area contributed by atoms with Gasteiger partial charge in [-0.05, 0) is 19.3 Å². The molecule has 3 heterocycles. The lowest BCUT2D eigenvalue weighted by Gasteiger charge is -2.48. The molecule has 0 saturated carbocycles. The molecule has 3 rings (SSSR count). The Morgan fingerprint density at radius 1 is 0.347 bits per heavy atom. The first-order chi connectivity index (χ1) is 49.3. The predicted octanol–water partition coefficient (Wildman–Crippen LogP) is 14.7. The van der Waals surface area contributed by atoms with Crippen LogP contribution in [-0.4, -0.2) is 193 Å². The number of amides is 1. The van der Waals surface area contributed by atoms with Crippen molar-refractivity contribution in [1.29, 1.82) is 0 Å². The van der Waals surface area contributed by atoms with E-state index in [0.29, 0.717) is 6.42 Å². The molecule has 3 fully saturated rings. The lowest BCUT2D eigenvalue weighted by atomic mass is 9.96. The fourth-order valence-corrected chi connectivity index (χ4v) is 14.8. The van der Waals surface area contributed by atoms with Gasteiger partial charge in [-0.2, -0.15) is 0 Å². The van der Waals surface area contributed by atoms with Gasteiger partial charge in [-0.1, -0.05) is 360 Å². The normalized spacial score (nSPS) is 26.3. The minimum atomic E-state index is -1.98. The van der Waals surface area contributed by atoms with Crippen molar-refractivity contribution >= 4 is 5.91 Å². The van der Waals surface area contributed by atoms with Crippen LogP contribution in [0, 0.1) is 0 Å². The topological polar surface area (TPSA) is 307 Å². The van der Waals surface area contributed by atoms with Crippen LogP contribution in [0.1, 0.15) is 373 Å². The second-order valence-corrected chi connectivity index (χ2v) is 30.7. The Morgan fingerprint density at radius 3 is 0.931 bits per heavy atom. The van der Waals surface area contributed by atoms with Crippen molar-refractivity contribution in [3.05, 3.63) is 12.2 Å². The van der Waals surface area contributed by atoms with Gasteiger partial charge in [0.15, 0.2) is 18.9 Å². The molecule has 19 heteroatoms. The molecule has 0 aromatic rings. The zero-order valence-electron chi connectivity index (χ0n) is 64.2. The lowest BCUT2D eigenvalue weighted by Crippen LogP contribution is -2.66. The number of carbonyl (C=O) groups is 1. The summed E-state index contributed by atoms with van der Waals surface area (Å²) in [6, 6.07) is -0.971. The molecule has 17 unspecified atom stereocenters. The molecule has 12 N–H and O–H groups in total. The molecule has 0 aliphatic carbocycles. The standard InChI is InChI=1S/C82H157NO18/c1-3-5-7-9-11-13-15-17-19-21-23-25-27-29-30-31-32-33-34-36-37-39-41-43-45-47-49-51-53-55-57-59-66(87)65(83-70(88)60-58-56-54-52-50-48-46-44-42-40-38-35-28-26-24-22-20-18-16-14-12-10-8-6-4-2)64-96-80-76(94)73(91)78(68(62-85)98-80)101-82-77(95)74(92)79(69(63-86)99-82)100-81-75(93)72(90)71(89)67(61-84)97-81/h57,59,65-69,71-82,84-87,89-95H,3-56,58,60-64H2,1-2H3,(H,83,88)/b59-57+. The van der Waals surface area contributed by atoms with E-state index in [2.05, 4.69) is 19.2 Å². The average molecular weight is 1450 g/mol. The van der Waals surface area contributed by atoms with E-state index in [1.807, 2.05) is 6.08 Å². The van der Waals surface area contributed by atoms with Gasteiger partial charge in [-0.15, -0.1) is 0 Å². The summed E-state index contributed by atoms with van der Waals surface area (Å²) in [6.45, 7) is 1.81. The number of hydrogen-bond acceptors (Lipinski definition) is 18. The zero-order valence-corrected chi connectivity index (χ0v) is 64.2. The van der Waals surface area contributed by atoms with E-state index in [1.54, 1.807) is 6.08 Å². The third-order valence-corrected chi connectivity index (χ3v) is 21.6. The number of ether oxygens (including phenoxy) is 6. The Morgan fingerprint density at radius 2 is 0.614 bits per heavy atom. The summed E-state index contributed by atoms with van der Waals surface area (Å²) < 4.78 is 34.5. The van der Waals surface area contributed by atoms with Crippen molar-refractivity contribution in [2.45, 2.75) is 478 Å². The van der Waals surface area contributed by atoms with E-state index in [9.17, 15) is 61.0 Å². The van der Waals surface area contributed by atoms with Crippen LogP contribution in [0.25, 0.3) is 0 Å². The molecule has 1 amide bonds. The third kappa shape index (κ3) is 43.3. The van der Waals surface area contributed by atoms with Gasteiger partial charge < -0.3 is 89.9 Å². The number of rotatable bonds is 69. The van der Waals surface area contributed by atoms with Gasteiger partial charge in [0.2, 0.25) is 5.91 Å². The maximum Gasteiger partial charge on any atom is 0.220 e. The Labute approximate surface area is 614 Å². The summed E-state index contributed by atoms with van der Waals surface area (Å²) in [5.74, 6) is -0.266. The van der Waals surface area contributed by atoms with E-state index >= 15 is 0 Å². The second-order valence-electron chi connectivity index (χ2n) is 30.7. The highest BCUT2D eigenvalue weighted by molar-refractivity contribution is 5.76. The molecule has 0 spiro atoms. The zero-order chi connectivity index (χ0) is 73.2. The van der Waals surface area contributed by atoms with Crippen LogP contribution in [-0.2, 0) is 33.2 Å². The smallest absolute Gasteiger partial charge is 0.220 e. The number of aliphatic hydroxyl groups excluding tert-OH is 11. The van der Waals surface area contributed by atoms with E-state index in [4.69, 9.17) is 28.4 Å². The summed E-state index contributed by atoms with van der Waals surface area (Å²) in [5.41, 5.74) is 0. The molecule has 0 aromatic heterocycles. The second kappa shape index (κ2) is 63.5. The molecule has 3 aliphatic rings. The van der Waals surface area contributed by atoms with Crippen LogP contribution in [0.4, 0.5) is 0 Å². The maximum absolute atomic E-state index is 13.5. The van der Waals surface area contributed by atoms with Crippen LogP contribution < -0.4 is 5.32 Å². The van der Waals surface area contributed by atoms with Crippen LogP contribution in [0.2, 0.25) is 0 Å². The molecule has 3 saturated heterocycles. The highest BCUT2D eigenvalue weighted by atomic mass is 16.8. The van der Waals surface area contributed by atoms with Crippen molar-refractivity contribution in [3.8, 4) is 0 Å². The third-order valence-electron chi connectivity index (χ3n) is 21.6. The van der Waals surface area contributed by atoms with Crippen molar-refractivity contribution in [3.63, 3.8) is 0 Å². The van der Waals surface area contributed by atoms with Crippen molar-refractivity contribution in [2.24, 2.45) is 0 Å². The number of hydrogen-bond donors (Lipinski definition) is 12. The summed E-state index contributed by atoms with van der Waals surface area (Å²) >= 11 is 0. The molecule has 598 valence electrons. The molecule has 3 aliphatic heterocycles. The predicted molar refractivity (Wildman–Crippen MR) is 402 cm³/mol. The van der Waals surface area contributed by atoms with Crippen LogP contribution in [0.3, 0.4) is 0 Å². The van der Waals surface area contributed by atoms with E-state index in [0.717, 1.165) is 44.9 Å². The number of nitrogens with one attached hydrogen (secondary N) is 1. The Balaban J connectivity index is 1.36. The molecule has 101 heavy (non-hydrogen) atoms. The maximum atomic E-state index is 13.5. The molecule has 17 atom stereocenters. The van der Waals surface area contributed by atoms with Crippen LogP contribution in [0.5, 0.6) is 0 Å². The first kappa shape index (κ1) is 93.7. The quantitative estimate of drug-likeness (QED) is 0.0199. The fraction of sp³-hybridized carbons (Fsp3) is 0.963. The molecule has 0 aromatic carbocycles. The van der Waals surface area contributed by atoms with Gasteiger partial charge in [0.1, 0.15) is 73.2 Å². The average Bonchev–Trinajstić information content (AvgIpc) is 0.797. The minimum absolute atomic E-state index is 0.250. The van der Waals surface area contributed by atoms with Gasteiger partial charge in [0, 0.05) is 6.42 Å². The van der Waals surface area contributed by atoms with E-state index < -0.39 is 124 Å². The summed E-state index contributed by atoms with van der Waals surface area (Å²) in [7, 11) is 0. The Hall–Kier alpha value is -1.47. The van der Waals surface area contributed by atoms with Crippen LogP contribution >= 0.6 is 0 Å². The van der Waals surface area contributed by atoms with Gasteiger partial charge in [-0.3, -0.25) is 4.79 Å².